The van der Waals surface area contributed by atoms with E-state index in [0.29, 0.717) is 5.92 Å². The Labute approximate surface area is 112 Å². The third kappa shape index (κ3) is 4.34. The molecule has 18 heavy (non-hydrogen) atoms. The van der Waals surface area contributed by atoms with Crippen LogP contribution in [0.5, 0.6) is 0 Å². The van der Waals surface area contributed by atoms with E-state index in [0.717, 1.165) is 26.2 Å². The Morgan fingerprint density at radius 2 is 1.94 bits per heavy atom. The van der Waals surface area contributed by atoms with Gasteiger partial charge in [-0.25, -0.2) is 0 Å². The van der Waals surface area contributed by atoms with Crippen molar-refractivity contribution in [2.75, 3.05) is 24.5 Å². The first-order valence-corrected chi connectivity index (χ1v) is 7.13. The van der Waals surface area contributed by atoms with Gasteiger partial charge in [0.15, 0.2) is 0 Å². The Kier molecular flexibility index (Phi) is 6.20. The zero-order valence-electron chi connectivity index (χ0n) is 12.6. The van der Waals surface area contributed by atoms with E-state index in [1.165, 1.54) is 16.8 Å². The van der Waals surface area contributed by atoms with Gasteiger partial charge in [-0.15, -0.1) is 0 Å². The highest BCUT2D eigenvalue weighted by Gasteiger charge is 2.11. The smallest absolute Gasteiger partial charge is 0.0412 e. The molecular formula is C16H28N2. The standard InChI is InChI=1S/C16H28N2/c1-6-17-11-15-10-14(5)8-9-16(15)18(7-2)12-13(3)4/h8-10,13,17H,6-7,11-12H2,1-5H3. The van der Waals surface area contributed by atoms with Crippen molar-refractivity contribution < 1.29 is 0 Å². The Hall–Kier alpha value is -1.02. The minimum Gasteiger partial charge on any atom is -0.371 e. The highest BCUT2D eigenvalue weighted by molar-refractivity contribution is 5.55. The second-order valence-electron chi connectivity index (χ2n) is 5.34. The van der Waals surface area contributed by atoms with Gasteiger partial charge in [0.25, 0.3) is 0 Å². The van der Waals surface area contributed by atoms with E-state index in [9.17, 15) is 0 Å². The molecule has 1 aromatic rings. The molecule has 0 atom stereocenters. The monoisotopic (exact) mass is 248 g/mol. The van der Waals surface area contributed by atoms with E-state index in [-0.39, 0.29) is 0 Å². The molecule has 0 amide bonds. The summed E-state index contributed by atoms with van der Waals surface area (Å²) < 4.78 is 0. The maximum Gasteiger partial charge on any atom is 0.0412 e. The van der Waals surface area contributed by atoms with Crippen LogP contribution in [0.25, 0.3) is 0 Å². The zero-order valence-corrected chi connectivity index (χ0v) is 12.6. The molecule has 0 unspecified atom stereocenters. The van der Waals surface area contributed by atoms with Crippen molar-refractivity contribution in [3.05, 3.63) is 29.3 Å². The summed E-state index contributed by atoms with van der Waals surface area (Å²) >= 11 is 0. The highest BCUT2D eigenvalue weighted by Crippen LogP contribution is 2.23. The number of rotatable bonds is 7. The molecule has 0 fully saturated rings. The molecule has 0 spiro atoms. The molecular weight excluding hydrogens is 220 g/mol. The van der Waals surface area contributed by atoms with Crippen LogP contribution < -0.4 is 10.2 Å². The van der Waals surface area contributed by atoms with Gasteiger partial charge in [-0.05, 0) is 37.9 Å². The second-order valence-corrected chi connectivity index (χ2v) is 5.34. The summed E-state index contributed by atoms with van der Waals surface area (Å²) in [7, 11) is 0. The fraction of sp³-hybridized carbons (Fsp3) is 0.625. The molecule has 0 saturated heterocycles. The topological polar surface area (TPSA) is 15.3 Å². The number of nitrogens with zero attached hydrogens (tertiary/aromatic N) is 1. The van der Waals surface area contributed by atoms with Gasteiger partial charge in [-0.3, -0.25) is 0 Å². The SMILES string of the molecule is CCNCc1cc(C)ccc1N(CC)CC(C)C. The van der Waals surface area contributed by atoms with Crippen LogP contribution in [0, 0.1) is 12.8 Å². The average molecular weight is 248 g/mol. The minimum atomic E-state index is 0.693. The Morgan fingerprint density at radius 3 is 2.50 bits per heavy atom. The van der Waals surface area contributed by atoms with E-state index in [1.54, 1.807) is 0 Å². The lowest BCUT2D eigenvalue weighted by Gasteiger charge is -2.28. The van der Waals surface area contributed by atoms with Crippen molar-refractivity contribution in [1.82, 2.24) is 5.32 Å². The third-order valence-electron chi connectivity index (χ3n) is 3.11. The van der Waals surface area contributed by atoms with Crippen molar-refractivity contribution in [1.29, 1.82) is 0 Å². The van der Waals surface area contributed by atoms with Crippen molar-refractivity contribution in [3.8, 4) is 0 Å². The molecule has 1 rings (SSSR count). The van der Waals surface area contributed by atoms with Gasteiger partial charge in [-0.2, -0.15) is 0 Å². The lowest BCUT2D eigenvalue weighted by Crippen LogP contribution is -2.29. The van der Waals surface area contributed by atoms with Crippen molar-refractivity contribution in [2.45, 2.75) is 41.2 Å². The molecule has 0 aliphatic heterocycles. The molecule has 1 N–H and O–H groups in total. The highest BCUT2D eigenvalue weighted by atomic mass is 15.1. The first kappa shape index (κ1) is 15.0. The number of hydrogen-bond donors (Lipinski definition) is 1. The maximum atomic E-state index is 3.44. The van der Waals surface area contributed by atoms with Crippen LogP contribution >= 0.6 is 0 Å². The Morgan fingerprint density at radius 1 is 1.22 bits per heavy atom. The Balaban J connectivity index is 2.96. The van der Waals surface area contributed by atoms with E-state index in [1.807, 2.05) is 0 Å². The van der Waals surface area contributed by atoms with Crippen molar-refractivity contribution in [3.63, 3.8) is 0 Å². The molecule has 1 aromatic carbocycles. The molecule has 2 heteroatoms. The molecule has 0 saturated carbocycles. The predicted octanol–water partition coefficient (Wildman–Crippen LogP) is 3.59. The summed E-state index contributed by atoms with van der Waals surface area (Å²) in [5.41, 5.74) is 4.14. The van der Waals surface area contributed by atoms with Crippen molar-refractivity contribution >= 4 is 5.69 Å². The van der Waals surface area contributed by atoms with Crippen LogP contribution in [0.1, 0.15) is 38.8 Å². The van der Waals surface area contributed by atoms with E-state index < -0.39 is 0 Å². The number of nitrogens with one attached hydrogen (secondary N) is 1. The summed E-state index contributed by atoms with van der Waals surface area (Å²) in [4.78, 5) is 2.48. The lowest BCUT2D eigenvalue weighted by molar-refractivity contribution is 0.615. The summed E-state index contributed by atoms with van der Waals surface area (Å²) in [5, 5.41) is 3.44. The first-order valence-electron chi connectivity index (χ1n) is 7.13. The molecule has 0 radical (unpaired) electrons. The summed E-state index contributed by atoms with van der Waals surface area (Å²) in [6, 6.07) is 6.79. The molecule has 0 aliphatic carbocycles. The predicted molar refractivity (Wildman–Crippen MR) is 81.3 cm³/mol. The summed E-state index contributed by atoms with van der Waals surface area (Å²) in [5.74, 6) is 0.693. The van der Waals surface area contributed by atoms with Gasteiger partial charge in [0.05, 0.1) is 0 Å². The van der Waals surface area contributed by atoms with Crippen LogP contribution in [0.2, 0.25) is 0 Å². The van der Waals surface area contributed by atoms with Crippen LogP contribution in [0.3, 0.4) is 0 Å². The maximum absolute atomic E-state index is 3.44. The van der Waals surface area contributed by atoms with E-state index in [2.05, 4.69) is 63.0 Å². The first-order chi connectivity index (χ1) is 8.58. The van der Waals surface area contributed by atoms with E-state index >= 15 is 0 Å². The van der Waals surface area contributed by atoms with Gasteiger partial charge in [0.1, 0.15) is 0 Å². The Bertz CT molecular complexity index is 358. The molecule has 0 heterocycles. The van der Waals surface area contributed by atoms with Crippen LogP contribution in [-0.4, -0.2) is 19.6 Å². The van der Waals surface area contributed by atoms with E-state index in [4.69, 9.17) is 0 Å². The summed E-state index contributed by atoms with van der Waals surface area (Å²) in [6.07, 6.45) is 0. The minimum absolute atomic E-state index is 0.693. The second kappa shape index (κ2) is 7.42. The summed E-state index contributed by atoms with van der Waals surface area (Å²) in [6.45, 7) is 15.3. The van der Waals surface area contributed by atoms with Crippen LogP contribution in [0.15, 0.2) is 18.2 Å². The van der Waals surface area contributed by atoms with Crippen LogP contribution in [0.4, 0.5) is 5.69 Å². The number of aryl methyl sites for hydroxylation is 1. The number of anilines is 1. The fourth-order valence-electron chi connectivity index (χ4n) is 2.26. The molecule has 0 bridgehead atoms. The molecule has 102 valence electrons. The fourth-order valence-corrected chi connectivity index (χ4v) is 2.26. The van der Waals surface area contributed by atoms with Gasteiger partial charge < -0.3 is 10.2 Å². The van der Waals surface area contributed by atoms with Gasteiger partial charge in [0.2, 0.25) is 0 Å². The third-order valence-corrected chi connectivity index (χ3v) is 3.11. The van der Waals surface area contributed by atoms with Gasteiger partial charge in [-0.1, -0.05) is 38.5 Å². The lowest BCUT2D eigenvalue weighted by atomic mass is 10.1. The number of benzene rings is 1. The quantitative estimate of drug-likeness (QED) is 0.793. The molecule has 0 aliphatic rings. The van der Waals surface area contributed by atoms with Crippen LogP contribution in [-0.2, 0) is 6.54 Å². The molecule has 0 aromatic heterocycles. The zero-order chi connectivity index (χ0) is 13.5. The molecule has 2 nitrogen and oxygen atoms in total. The largest absolute Gasteiger partial charge is 0.371 e. The van der Waals surface area contributed by atoms with Crippen molar-refractivity contribution in [2.24, 2.45) is 5.92 Å². The van der Waals surface area contributed by atoms with Gasteiger partial charge >= 0.3 is 0 Å². The number of hydrogen-bond acceptors (Lipinski definition) is 2. The average Bonchev–Trinajstić information content (AvgIpc) is 2.33. The normalized spacial score (nSPS) is 11.0. The van der Waals surface area contributed by atoms with Gasteiger partial charge in [0, 0.05) is 25.3 Å².